The number of benzene rings is 3. The highest BCUT2D eigenvalue weighted by Crippen LogP contribution is 2.30. The molecule has 6 heteroatoms. The fourth-order valence-corrected chi connectivity index (χ4v) is 5.13. The first kappa shape index (κ1) is 22.6. The molecule has 2 aliphatic rings. The number of nitrogens with two attached hydrogens (primary N) is 1. The van der Waals surface area contributed by atoms with Crippen LogP contribution in [-0.4, -0.2) is 34.8 Å². The minimum absolute atomic E-state index is 0.175. The zero-order valence-corrected chi connectivity index (χ0v) is 19.5. The van der Waals surface area contributed by atoms with Gasteiger partial charge in [-0.3, -0.25) is 9.69 Å². The number of rotatable bonds is 6. The van der Waals surface area contributed by atoms with Crippen LogP contribution in [0.3, 0.4) is 0 Å². The Labute approximate surface area is 200 Å². The van der Waals surface area contributed by atoms with Gasteiger partial charge in [0.1, 0.15) is 5.82 Å². The van der Waals surface area contributed by atoms with Crippen molar-refractivity contribution >= 4 is 17.3 Å². The van der Waals surface area contributed by atoms with Gasteiger partial charge in [-0.25, -0.2) is 4.39 Å². The monoisotopic (exact) mass is 458 g/mol. The van der Waals surface area contributed by atoms with Crippen LogP contribution >= 0.6 is 0 Å². The maximum atomic E-state index is 14.1. The van der Waals surface area contributed by atoms with E-state index in [0.29, 0.717) is 11.7 Å². The maximum absolute atomic E-state index is 14.1. The van der Waals surface area contributed by atoms with Crippen molar-refractivity contribution in [2.75, 3.05) is 18.4 Å². The van der Waals surface area contributed by atoms with Crippen LogP contribution in [-0.2, 0) is 13.1 Å². The first-order valence-corrected chi connectivity index (χ1v) is 12.0. The standard InChI is InChI=1S/C28H31FN4O/c1-19(30)24-16-20(10-11-26(24)31-27-9-5-4-8-25(27)29)17-32-14-12-22(13-15-32)33-18-21-6-2-3-7-23(21)28(33)34/h2-11,16,19,22,31H,12-15,17-18,30H2,1H3. The van der Waals surface area contributed by atoms with Crippen LogP contribution in [0.5, 0.6) is 0 Å². The smallest absolute Gasteiger partial charge is 0.254 e. The summed E-state index contributed by atoms with van der Waals surface area (Å²) in [5.41, 5.74) is 11.7. The maximum Gasteiger partial charge on any atom is 0.254 e. The third-order valence-corrected chi connectivity index (χ3v) is 7.00. The van der Waals surface area contributed by atoms with E-state index in [-0.39, 0.29) is 17.8 Å². The fraction of sp³-hybridized carbons (Fsp3) is 0.321. The molecule has 3 aromatic rings. The van der Waals surface area contributed by atoms with Crippen molar-refractivity contribution in [3.05, 3.63) is 94.8 Å². The zero-order chi connectivity index (χ0) is 23.7. The second-order valence-corrected chi connectivity index (χ2v) is 9.41. The third-order valence-electron chi connectivity index (χ3n) is 7.00. The summed E-state index contributed by atoms with van der Waals surface area (Å²) in [4.78, 5) is 17.3. The minimum atomic E-state index is -0.287. The number of piperidine rings is 1. The molecule has 5 nitrogen and oxygen atoms in total. The molecule has 1 unspecified atom stereocenters. The molecule has 1 saturated heterocycles. The lowest BCUT2D eigenvalue weighted by Crippen LogP contribution is -2.44. The Balaban J connectivity index is 1.22. The van der Waals surface area contributed by atoms with Gasteiger partial charge >= 0.3 is 0 Å². The van der Waals surface area contributed by atoms with Gasteiger partial charge in [0.15, 0.2) is 0 Å². The molecule has 5 rings (SSSR count). The Morgan fingerprint density at radius 1 is 1.03 bits per heavy atom. The van der Waals surface area contributed by atoms with E-state index >= 15 is 0 Å². The molecule has 34 heavy (non-hydrogen) atoms. The predicted octanol–water partition coefficient (Wildman–Crippen LogP) is 5.21. The quantitative estimate of drug-likeness (QED) is 0.532. The summed E-state index contributed by atoms with van der Waals surface area (Å²) in [6.07, 6.45) is 1.96. The molecule has 0 saturated carbocycles. The average molecular weight is 459 g/mol. The van der Waals surface area contributed by atoms with Crippen molar-refractivity contribution in [1.29, 1.82) is 0 Å². The number of nitrogens with one attached hydrogen (secondary N) is 1. The summed E-state index contributed by atoms with van der Waals surface area (Å²) >= 11 is 0. The molecule has 1 atom stereocenters. The molecule has 0 bridgehead atoms. The zero-order valence-electron chi connectivity index (χ0n) is 19.5. The Morgan fingerprint density at radius 2 is 1.76 bits per heavy atom. The number of hydrogen-bond acceptors (Lipinski definition) is 4. The van der Waals surface area contributed by atoms with Crippen LogP contribution in [0.15, 0.2) is 66.7 Å². The lowest BCUT2D eigenvalue weighted by atomic mass is 10.00. The van der Waals surface area contributed by atoms with E-state index in [0.717, 1.165) is 61.4 Å². The van der Waals surface area contributed by atoms with Crippen LogP contribution < -0.4 is 11.1 Å². The van der Waals surface area contributed by atoms with Gasteiger partial charge < -0.3 is 16.0 Å². The van der Waals surface area contributed by atoms with Crippen molar-refractivity contribution in [1.82, 2.24) is 9.80 Å². The molecule has 0 radical (unpaired) electrons. The number of fused-ring (bicyclic) bond motifs is 1. The van der Waals surface area contributed by atoms with E-state index in [4.69, 9.17) is 5.73 Å². The molecular weight excluding hydrogens is 427 g/mol. The molecular formula is C28H31FN4O. The Kier molecular flexibility index (Phi) is 6.35. The second-order valence-electron chi connectivity index (χ2n) is 9.41. The van der Waals surface area contributed by atoms with Gasteiger partial charge in [0, 0.05) is 49.5 Å². The summed E-state index contributed by atoms with van der Waals surface area (Å²) in [5.74, 6) is -0.113. The Bertz CT molecular complexity index is 1190. The highest BCUT2D eigenvalue weighted by atomic mass is 19.1. The van der Waals surface area contributed by atoms with Crippen molar-refractivity contribution in [2.24, 2.45) is 5.73 Å². The van der Waals surface area contributed by atoms with E-state index in [9.17, 15) is 9.18 Å². The molecule has 3 aromatic carbocycles. The van der Waals surface area contributed by atoms with Gasteiger partial charge in [-0.2, -0.15) is 0 Å². The average Bonchev–Trinajstić information content (AvgIpc) is 3.18. The molecule has 2 heterocycles. The van der Waals surface area contributed by atoms with Crippen LogP contribution in [0.4, 0.5) is 15.8 Å². The Morgan fingerprint density at radius 3 is 2.50 bits per heavy atom. The molecule has 3 N–H and O–H groups in total. The highest BCUT2D eigenvalue weighted by Gasteiger charge is 2.34. The van der Waals surface area contributed by atoms with E-state index in [1.165, 1.54) is 11.6 Å². The first-order valence-electron chi connectivity index (χ1n) is 12.0. The van der Waals surface area contributed by atoms with Gasteiger partial charge in [-0.1, -0.05) is 42.5 Å². The number of amides is 1. The van der Waals surface area contributed by atoms with Gasteiger partial charge in [0.25, 0.3) is 5.91 Å². The molecule has 1 fully saturated rings. The van der Waals surface area contributed by atoms with Crippen LogP contribution in [0.1, 0.15) is 52.9 Å². The second kappa shape index (κ2) is 9.57. The van der Waals surface area contributed by atoms with Crippen molar-refractivity contribution in [3.63, 3.8) is 0 Å². The number of halogens is 1. The number of carbonyl (C=O) groups is 1. The van der Waals surface area contributed by atoms with E-state index in [1.807, 2.05) is 37.3 Å². The Hall–Kier alpha value is -3.22. The van der Waals surface area contributed by atoms with Crippen molar-refractivity contribution in [3.8, 4) is 0 Å². The number of para-hydroxylation sites is 1. The number of anilines is 2. The number of likely N-dealkylation sites (tertiary alicyclic amines) is 1. The van der Waals surface area contributed by atoms with E-state index in [2.05, 4.69) is 33.3 Å². The fourth-order valence-electron chi connectivity index (χ4n) is 5.13. The lowest BCUT2D eigenvalue weighted by Gasteiger charge is -2.36. The predicted molar refractivity (Wildman–Crippen MR) is 133 cm³/mol. The van der Waals surface area contributed by atoms with Crippen LogP contribution in [0, 0.1) is 5.82 Å². The van der Waals surface area contributed by atoms with Crippen LogP contribution in [0.25, 0.3) is 0 Å². The summed E-state index contributed by atoms with van der Waals surface area (Å²) < 4.78 is 14.1. The van der Waals surface area contributed by atoms with Crippen molar-refractivity contribution < 1.29 is 9.18 Å². The number of hydrogen-bond donors (Lipinski definition) is 2. The van der Waals surface area contributed by atoms with Crippen LogP contribution in [0.2, 0.25) is 0 Å². The first-order chi connectivity index (χ1) is 16.5. The van der Waals surface area contributed by atoms with Gasteiger partial charge in [0.2, 0.25) is 0 Å². The van der Waals surface area contributed by atoms with Gasteiger partial charge in [-0.15, -0.1) is 0 Å². The van der Waals surface area contributed by atoms with E-state index < -0.39 is 0 Å². The third kappa shape index (κ3) is 4.56. The van der Waals surface area contributed by atoms with Gasteiger partial charge in [-0.05, 0) is 60.7 Å². The summed E-state index contributed by atoms with van der Waals surface area (Å²) in [5, 5.41) is 3.20. The van der Waals surface area contributed by atoms with Gasteiger partial charge in [0.05, 0.1) is 5.69 Å². The molecule has 176 valence electrons. The molecule has 0 aromatic heterocycles. The molecule has 0 aliphatic carbocycles. The lowest BCUT2D eigenvalue weighted by molar-refractivity contribution is 0.0590. The summed E-state index contributed by atoms with van der Waals surface area (Å²) in [6, 6.07) is 20.9. The minimum Gasteiger partial charge on any atom is -0.353 e. The summed E-state index contributed by atoms with van der Waals surface area (Å²) in [7, 11) is 0. The topological polar surface area (TPSA) is 61.6 Å². The molecule has 1 amide bonds. The summed E-state index contributed by atoms with van der Waals surface area (Å²) in [6.45, 7) is 5.41. The van der Waals surface area contributed by atoms with Crippen molar-refractivity contribution in [2.45, 2.75) is 44.9 Å². The SMILES string of the molecule is CC(N)c1cc(CN2CCC(N3Cc4ccccc4C3=O)CC2)ccc1Nc1ccccc1F. The number of carbonyl (C=O) groups excluding carboxylic acids is 1. The number of nitrogens with zero attached hydrogens (tertiary/aromatic N) is 2. The highest BCUT2D eigenvalue weighted by molar-refractivity contribution is 5.98. The largest absolute Gasteiger partial charge is 0.353 e. The molecule has 2 aliphatic heterocycles. The normalized spacial score (nSPS) is 17.6. The van der Waals surface area contributed by atoms with E-state index in [1.54, 1.807) is 12.1 Å². The molecule has 0 spiro atoms.